The molecule has 1 aromatic heterocycles. The zero-order chi connectivity index (χ0) is 11.3. The molecular formula is C12H14BrClN2. The van der Waals surface area contributed by atoms with Gasteiger partial charge in [-0.15, -0.1) is 0 Å². The Labute approximate surface area is 109 Å². The van der Waals surface area contributed by atoms with Gasteiger partial charge in [-0.2, -0.15) is 0 Å². The standard InChI is InChI=1S/C12H14BrClN2/c1-2-3-7-4-12(7)6-16-11-9(12)10(14)8(13)5-15-11/h5,7H,2-4,6H2,1H3,(H,15,16)/t7-,12?/m0/s1. The van der Waals surface area contributed by atoms with Crippen molar-refractivity contribution in [2.75, 3.05) is 11.9 Å². The molecule has 1 aliphatic carbocycles. The predicted molar refractivity (Wildman–Crippen MR) is 70.1 cm³/mol. The van der Waals surface area contributed by atoms with Crippen molar-refractivity contribution < 1.29 is 0 Å². The monoisotopic (exact) mass is 300 g/mol. The van der Waals surface area contributed by atoms with E-state index in [9.17, 15) is 0 Å². The van der Waals surface area contributed by atoms with Gasteiger partial charge in [-0.25, -0.2) is 4.98 Å². The van der Waals surface area contributed by atoms with E-state index < -0.39 is 0 Å². The highest BCUT2D eigenvalue weighted by Gasteiger charge is 2.59. The summed E-state index contributed by atoms with van der Waals surface area (Å²) >= 11 is 9.87. The summed E-state index contributed by atoms with van der Waals surface area (Å²) in [4.78, 5) is 4.41. The van der Waals surface area contributed by atoms with Crippen molar-refractivity contribution in [3.63, 3.8) is 0 Å². The van der Waals surface area contributed by atoms with Crippen LogP contribution in [0.4, 0.5) is 5.82 Å². The number of hydrogen-bond donors (Lipinski definition) is 1. The second kappa shape index (κ2) is 3.61. The Morgan fingerprint density at radius 1 is 1.69 bits per heavy atom. The number of nitrogens with zero attached hydrogens (tertiary/aromatic N) is 1. The van der Waals surface area contributed by atoms with E-state index >= 15 is 0 Å². The number of halogens is 2. The number of hydrogen-bond acceptors (Lipinski definition) is 2. The number of rotatable bonds is 2. The van der Waals surface area contributed by atoms with E-state index in [1.54, 1.807) is 6.20 Å². The van der Waals surface area contributed by atoms with Gasteiger partial charge < -0.3 is 5.32 Å². The lowest BCUT2D eigenvalue weighted by Gasteiger charge is -2.11. The molecule has 2 aliphatic rings. The molecule has 4 heteroatoms. The van der Waals surface area contributed by atoms with Crippen molar-refractivity contribution in [3.05, 3.63) is 21.3 Å². The minimum atomic E-state index is 0.291. The van der Waals surface area contributed by atoms with Crippen molar-refractivity contribution in [2.45, 2.75) is 31.6 Å². The number of aromatic nitrogens is 1. The summed E-state index contributed by atoms with van der Waals surface area (Å²) in [5.74, 6) is 1.78. The van der Waals surface area contributed by atoms with E-state index in [4.69, 9.17) is 11.6 Å². The first-order valence-corrected chi connectivity index (χ1v) is 6.94. The van der Waals surface area contributed by atoms with E-state index in [2.05, 4.69) is 33.2 Å². The van der Waals surface area contributed by atoms with Crippen LogP contribution in [0.1, 0.15) is 31.7 Å². The number of nitrogens with one attached hydrogen (secondary N) is 1. The normalized spacial score (nSPS) is 30.3. The van der Waals surface area contributed by atoms with Crippen molar-refractivity contribution in [2.24, 2.45) is 5.92 Å². The molecule has 1 spiro atoms. The fourth-order valence-corrected chi connectivity index (χ4v) is 3.64. The maximum Gasteiger partial charge on any atom is 0.131 e. The lowest BCUT2D eigenvalue weighted by molar-refractivity contribution is 0.601. The summed E-state index contributed by atoms with van der Waals surface area (Å²) in [6.45, 7) is 3.26. The van der Waals surface area contributed by atoms with Gasteiger partial charge in [0.1, 0.15) is 5.82 Å². The Bertz CT molecular complexity index is 449. The highest BCUT2D eigenvalue weighted by Crippen LogP contribution is 2.62. The predicted octanol–water partition coefficient (Wildman–Crippen LogP) is 3.98. The Balaban J connectivity index is 2.03. The topological polar surface area (TPSA) is 24.9 Å². The van der Waals surface area contributed by atoms with Crippen molar-refractivity contribution >= 4 is 33.3 Å². The van der Waals surface area contributed by atoms with E-state index in [0.29, 0.717) is 5.41 Å². The van der Waals surface area contributed by atoms with Crippen LogP contribution in [0.5, 0.6) is 0 Å². The molecule has 0 saturated heterocycles. The van der Waals surface area contributed by atoms with Gasteiger partial charge in [-0.3, -0.25) is 0 Å². The molecule has 2 nitrogen and oxygen atoms in total. The molecule has 1 aliphatic heterocycles. The summed E-state index contributed by atoms with van der Waals surface area (Å²) in [5, 5.41) is 4.25. The summed E-state index contributed by atoms with van der Waals surface area (Å²) in [5.41, 5.74) is 1.54. The molecule has 86 valence electrons. The average molecular weight is 302 g/mol. The summed E-state index contributed by atoms with van der Waals surface area (Å²) in [7, 11) is 0. The Hall–Kier alpha value is -0.280. The quantitative estimate of drug-likeness (QED) is 0.893. The molecule has 2 atom stereocenters. The van der Waals surface area contributed by atoms with Crippen LogP contribution in [0, 0.1) is 5.92 Å². The van der Waals surface area contributed by atoms with Crippen molar-refractivity contribution in [3.8, 4) is 0 Å². The molecule has 0 radical (unpaired) electrons. The number of anilines is 1. The number of pyridine rings is 1. The Morgan fingerprint density at radius 3 is 3.25 bits per heavy atom. The maximum atomic E-state index is 6.40. The maximum absolute atomic E-state index is 6.40. The molecule has 1 aromatic rings. The molecule has 16 heavy (non-hydrogen) atoms. The van der Waals surface area contributed by atoms with Gasteiger partial charge in [0, 0.05) is 23.7 Å². The van der Waals surface area contributed by atoms with E-state index in [1.807, 2.05) is 0 Å². The summed E-state index contributed by atoms with van der Waals surface area (Å²) in [6.07, 6.45) is 5.59. The Kier molecular flexibility index (Phi) is 2.44. The van der Waals surface area contributed by atoms with Gasteiger partial charge in [0.15, 0.2) is 0 Å². The smallest absolute Gasteiger partial charge is 0.131 e. The SMILES string of the molecule is CCC[C@H]1CC12CNc1ncc(Br)c(Cl)c12. The molecule has 0 amide bonds. The van der Waals surface area contributed by atoms with Crippen molar-refractivity contribution in [1.29, 1.82) is 0 Å². The first-order chi connectivity index (χ1) is 7.69. The highest BCUT2D eigenvalue weighted by molar-refractivity contribution is 9.10. The first-order valence-electron chi connectivity index (χ1n) is 5.77. The van der Waals surface area contributed by atoms with Crippen LogP contribution >= 0.6 is 27.5 Å². The number of fused-ring (bicyclic) bond motifs is 2. The minimum Gasteiger partial charge on any atom is -0.369 e. The highest BCUT2D eigenvalue weighted by atomic mass is 79.9. The molecule has 2 heterocycles. The minimum absolute atomic E-state index is 0.291. The van der Waals surface area contributed by atoms with Gasteiger partial charge >= 0.3 is 0 Å². The van der Waals surface area contributed by atoms with Crippen LogP contribution in [0.3, 0.4) is 0 Å². The lowest BCUT2D eigenvalue weighted by Crippen LogP contribution is -2.13. The fraction of sp³-hybridized carbons (Fsp3) is 0.583. The van der Waals surface area contributed by atoms with Crippen molar-refractivity contribution in [1.82, 2.24) is 4.98 Å². The third kappa shape index (κ3) is 1.34. The van der Waals surface area contributed by atoms with Crippen LogP contribution in [0.2, 0.25) is 5.02 Å². The summed E-state index contributed by atoms with van der Waals surface area (Å²) < 4.78 is 0.915. The third-order valence-corrected chi connectivity index (χ3v) is 5.13. The fourth-order valence-electron chi connectivity index (χ4n) is 3.01. The van der Waals surface area contributed by atoms with E-state index in [-0.39, 0.29) is 0 Å². The second-order valence-corrected chi connectivity index (χ2v) is 6.08. The van der Waals surface area contributed by atoms with Gasteiger partial charge in [0.2, 0.25) is 0 Å². The molecule has 3 rings (SSSR count). The van der Waals surface area contributed by atoms with Gasteiger partial charge in [-0.1, -0.05) is 24.9 Å². The second-order valence-electron chi connectivity index (χ2n) is 4.84. The largest absolute Gasteiger partial charge is 0.369 e. The molecule has 1 unspecified atom stereocenters. The van der Waals surface area contributed by atoms with Crippen LogP contribution < -0.4 is 5.32 Å². The van der Waals surface area contributed by atoms with Crippen LogP contribution in [-0.2, 0) is 5.41 Å². The van der Waals surface area contributed by atoms with Crippen LogP contribution in [-0.4, -0.2) is 11.5 Å². The lowest BCUT2D eigenvalue weighted by atomic mass is 9.95. The third-order valence-electron chi connectivity index (χ3n) is 3.91. The molecule has 1 fully saturated rings. The van der Waals surface area contributed by atoms with E-state index in [0.717, 1.165) is 27.8 Å². The molecule has 0 aromatic carbocycles. The van der Waals surface area contributed by atoms with Gasteiger partial charge in [0.25, 0.3) is 0 Å². The molecule has 1 saturated carbocycles. The van der Waals surface area contributed by atoms with E-state index in [1.165, 1.54) is 24.8 Å². The molecule has 1 N–H and O–H groups in total. The molecular weight excluding hydrogens is 288 g/mol. The van der Waals surface area contributed by atoms with Gasteiger partial charge in [-0.05, 0) is 34.7 Å². The first kappa shape index (κ1) is 10.8. The zero-order valence-corrected chi connectivity index (χ0v) is 11.5. The Morgan fingerprint density at radius 2 is 2.50 bits per heavy atom. The van der Waals surface area contributed by atoms with Gasteiger partial charge in [0.05, 0.1) is 9.50 Å². The average Bonchev–Trinajstić information content (AvgIpc) is 2.81. The van der Waals surface area contributed by atoms with Crippen LogP contribution in [0.25, 0.3) is 0 Å². The summed E-state index contributed by atoms with van der Waals surface area (Å²) in [6, 6.07) is 0. The molecule has 0 bridgehead atoms. The van der Waals surface area contributed by atoms with Crippen LogP contribution in [0.15, 0.2) is 10.7 Å². The zero-order valence-electron chi connectivity index (χ0n) is 9.19.